The smallest absolute Gasteiger partial charge is 0.136 e. The molecule has 0 bridgehead atoms. The molecule has 0 aliphatic heterocycles. The van der Waals surface area contributed by atoms with Crippen molar-refractivity contribution in [2.24, 2.45) is 0 Å². The summed E-state index contributed by atoms with van der Waals surface area (Å²) in [4.78, 5) is 0. The van der Waals surface area contributed by atoms with Crippen LogP contribution in [0.3, 0.4) is 0 Å². The molecule has 3 nitrogen and oxygen atoms in total. The molecule has 0 fully saturated rings. The number of rotatable bonds is 4. The van der Waals surface area contributed by atoms with Crippen LogP contribution in [-0.2, 0) is 6.61 Å². The van der Waals surface area contributed by atoms with E-state index in [4.69, 9.17) is 14.7 Å². The van der Waals surface area contributed by atoms with Gasteiger partial charge in [-0.15, -0.1) is 0 Å². The van der Waals surface area contributed by atoms with Crippen LogP contribution in [0.15, 0.2) is 36.4 Å². The summed E-state index contributed by atoms with van der Waals surface area (Å²) >= 11 is 0. The zero-order chi connectivity index (χ0) is 14.5. The summed E-state index contributed by atoms with van der Waals surface area (Å²) in [6.45, 7) is 4.53. The monoisotopic (exact) mass is 267 g/mol. The normalized spacial score (nSPS) is 9.90. The Morgan fingerprint density at radius 2 is 1.90 bits per heavy atom. The van der Waals surface area contributed by atoms with Gasteiger partial charge in [-0.1, -0.05) is 18.2 Å². The molecule has 0 saturated carbocycles. The number of hydrogen-bond donors (Lipinski definition) is 0. The first-order valence-corrected chi connectivity index (χ1v) is 6.41. The number of ether oxygens (including phenoxy) is 2. The third kappa shape index (κ3) is 2.92. The highest BCUT2D eigenvalue weighted by Gasteiger charge is 2.06. The highest BCUT2D eigenvalue weighted by atomic mass is 16.5. The van der Waals surface area contributed by atoms with Crippen LogP contribution < -0.4 is 9.47 Å². The molecule has 0 radical (unpaired) electrons. The third-order valence-electron chi connectivity index (χ3n) is 3.33. The van der Waals surface area contributed by atoms with E-state index in [2.05, 4.69) is 19.1 Å². The van der Waals surface area contributed by atoms with Gasteiger partial charge in [0, 0.05) is 0 Å². The van der Waals surface area contributed by atoms with Gasteiger partial charge < -0.3 is 9.47 Å². The molecule has 0 spiro atoms. The lowest BCUT2D eigenvalue weighted by Gasteiger charge is -2.11. The second kappa shape index (κ2) is 6.12. The van der Waals surface area contributed by atoms with Gasteiger partial charge in [-0.3, -0.25) is 0 Å². The minimum atomic E-state index is 0.433. The molecule has 2 aromatic carbocycles. The Hall–Kier alpha value is -2.47. The number of methoxy groups -OCH3 is 1. The van der Waals surface area contributed by atoms with Crippen molar-refractivity contribution in [1.82, 2.24) is 0 Å². The molecule has 2 aromatic rings. The fraction of sp³-hybridized carbons (Fsp3) is 0.235. The highest BCUT2D eigenvalue weighted by molar-refractivity contribution is 5.45. The van der Waals surface area contributed by atoms with Crippen LogP contribution in [0, 0.1) is 25.2 Å². The summed E-state index contributed by atoms with van der Waals surface area (Å²) < 4.78 is 11.0. The zero-order valence-corrected chi connectivity index (χ0v) is 11.9. The van der Waals surface area contributed by atoms with E-state index in [0.717, 1.165) is 16.9 Å². The van der Waals surface area contributed by atoms with Crippen LogP contribution >= 0.6 is 0 Å². The Labute approximate surface area is 119 Å². The Morgan fingerprint density at radius 1 is 1.10 bits per heavy atom. The van der Waals surface area contributed by atoms with E-state index in [9.17, 15) is 0 Å². The minimum absolute atomic E-state index is 0.433. The molecular weight excluding hydrogens is 250 g/mol. The first kappa shape index (κ1) is 14.0. The summed E-state index contributed by atoms with van der Waals surface area (Å²) in [6, 6.07) is 13.6. The summed E-state index contributed by atoms with van der Waals surface area (Å²) in [5.41, 5.74) is 3.81. The lowest BCUT2D eigenvalue weighted by atomic mass is 10.1. The van der Waals surface area contributed by atoms with Crippen LogP contribution in [0.5, 0.6) is 11.5 Å². The predicted molar refractivity (Wildman–Crippen MR) is 78.0 cm³/mol. The van der Waals surface area contributed by atoms with Crippen molar-refractivity contribution in [1.29, 1.82) is 5.26 Å². The maximum Gasteiger partial charge on any atom is 0.136 e. The maximum absolute atomic E-state index is 9.07. The van der Waals surface area contributed by atoms with Crippen molar-refractivity contribution in [3.8, 4) is 17.6 Å². The number of hydrogen-bond acceptors (Lipinski definition) is 3. The summed E-state index contributed by atoms with van der Waals surface area (Å²) in [6.07, 6.45) is 0. The molecule has 0 heterocycles. The number of nitrogens with zero attached hydrogens (tertiary/aromatic N) is 1. The van der Waals surface area contributed by atoms with Crippen molar-refractivity contribution in [3.05, 3.63) is 58.7 Å². The van der Waals surface area contributed by atoms with E-state index >= 15 is 0 Å². The SMILES string of the molecule is COc1ccc(COc2cccc(C)c2C)cc1C#N. The van der Waals surface area contributed by atoms with E-state index < -0.39 is 0 Å². The topological polar surface area (TPSA) is 42.2 Å². The van der Waals surface area contributed by atoms with Gasteiger partial charge in [0.15, 0.2) is 0 Å². The van der Waals surface area contributed by atoms with Crippen LogP contribution in [0.2, 0.25) is 0 Å². The molecule has 0 aliphatic rings. The van der Waals surface area contributed by atoms with Gasteiger partial charge in [0.05, 0.1) is 12.7 Å². The van der Waals surface area contributed by atoms with E-state index in [-0.39, 0.29) is 0 Å². The van der Waals surface area contributed by atoms with Crippen LogP contribution in [0.25, 0.3) is 0 Å². The van der Waals surface area contributed by atoms with E-state index in [0.29, 0.717) is 17.9 Å². The Morgan fingerprint density at radius 3 is 2.60 bits per heavy atom. The lowest BCUT2D eigenvalue weighted by Crippen LogP contribution is -1.99. The molecule has 2 rings (SSSR count). The van der Waals surface area contributed by atoms with E-state index in [1.807, 2.05) is 25.1 Å². The van der Waals surface area contributed by atoms with Crippen LogP contribution in [0.4, 0.5) is 0 Å². The van der Waals surface area contributed by atoms with E-state index in [1.54, 1.807) is 19.2 Å². The van der Waals surface area contributed by atoms with Crippen molar-refractivity contribution >= 4 is 0 Å². The Balaban J connectivity index is 2.15. The molecule has 0 atom stereocenters. The van der Waals surface area contributed by atoms with Gasteiger partial charge in [0.25, 0.3) is 0 Å². The third-order valence-corrected chi connectivity index (χ3v) is 3.33. The highest BCUT2D eigenvalue weighted by Crippen LogP contribution is 2.23. The Bertz CT molecular complexity index is 657. The predicted octanol–water partition coefficient (Wildman–Crippen LogP) is 3.76. The summed E-state index contributed by atoms with van der Waals surface area (Å²) in [5, 5.41) is 9.07. The van der Waals surface area contributed by atoms with Crippen molar-refractivity contribution in [2.75, 3.05) is 7.11 Å². The molecule has 0 aromatic heterocycles. The van der Waals surface area contributed by atoms with Crippen molar-refractivity contribution < 1.29 is 9.47 Å². The average Bonchev–Trinajstić information content (AvgIpc) is 2.48. The fourth-order valence-corrected chi connectivity index (χ4v) is 1.97. The summed E-state index contributed by atoms with van der Waals surface area (Å²) in [5.74, 6) is 1.46. The number of nitriles is 1. The summed E-state index contributed by atoms with van der Waals surface area (Å²) in [7, 11) is 1.56. The molecular formula is C17H17NO2. The van der Waals surface area contributed by atoms with Gasteiger partial charge in [0.2, 0.25) is 0 Å². The molecule has 0 saturated heterocycles. The van der Waals surface area contributed by atoms with Gasteiger partial charge in [-0.25, -0.2) is 0 Å². The second-order valence-corrected chi connectivity index (χ2v) is 4.63. The fourth-order valence-electron chi connectivity index (χ4n) is 1.97. The number of benzene rings is 2. The minimum Gasteiger partial charge on any atom is -0.495 e. The van der Waals surface area contributed by atoms with Gasteiger partial charge >= 0.3 is 0 Å². The largest absolute Gasteiger partial charge is 0.495 e. The quantitative estimate of drug-likeness (QED) is 0.847. The zero-order valence-electron chi connectivity index (χ0n) is 11.9. The average molecular weight is 267 g/mol. The first-order chi connectivity index (χ1) is 9.65. The van der Waals surface area contributed by atoms with E-state index in [1.165, 1.54) is 5.56 Å². The molecule has 0 N–H and O–H groups in total. The molecule has 0 aliphatic carbocycles. The van der Waals surface area contributed by atoms with Crippen LogP contribution in [0.1, 0.15) is 22.3 Å². The van der Waals surface area contributed by atoms with Gasteiger partial charge in [0.1, 0.15) is 24.2 Å². The van der Waals surface area contributed by atoms with Gasteiger partial charge in [-0.2, -0.15) is 5.26 Å². The first-order valence-electron chi connectivity index (χ1n) is 6.41. The van der Waals surface area contributed by atoms with Crippen molar-refractivity contribution in [3.63, 3.8) is 0 Å². The van der Waals surface area contributed by atoms with Crippen molar-refractivity contribution in [2.45, 2.75) is 20.5 Å². The molecule has 3 heteroatoms. The second-order valence-electron chi connectivity index (χ2n) is 4.63. The molecule has 0 amide bonds. The maximum atomic E-state index is 9.07. The number of aryl methyl sites for hydroxylation is 1. The van der Waals surface area contributed by atoms with Gasteiger partial charge in [-0.05, 0) is 48.7 Å². The molecule has 20 heavy (non-hydrogen) atoms. The molecule has 0 unspecified atom stereocenters. The van der Waals surface area contributed by atoms with Crippen LogP contribution in [-0.4, -0.2) is 7.11 Å². The standard InChI is InChI=1S/C17H17NO2/c1-12-5-4-6-16(13(12)2)20-11-14-7-8-17(19-3)15(9-14)10-18/h4-9H,11H2,1-3H3. The molecule has 102 valence electrons. The lowest BCUT2D eigenvalue weighted by molar-refractivity contribution is 0.303. The Kier molecular flexibility index (Phi) is 4.27.